The van der Waals surface area contributed by atoms with Gasteiger partial charge in [-0.15, -0.1) is 0 Å². The van der Waals surface area contributed by atoms with Crippen molar-refractivity contribution >= 4 is 23.8 Å². The number of rotatable bonds is 4. The minimum atomic E-state index is 0.754. The molecule has 0 fully saturated rings. The Morgan fingerprint density at radius 3 is 2.26 bits per heavy atom. The molecule has 2 aromatic carbocycles. The third kappa shape index (κ3) is 4.31. The topological polar surface area (TPSA) is 9.23 Å². The highest BCUT2D eigenvalue weighted by molar-refractivity contribution is 6.30. The van der Waals surface area contributed by atoms with E-state index in [4.69, 9.17) is 16.3 Å². The zero-order chi connectivity index (χ0) is 13.5. The summed E-state index contributed by atoms with van der Waals surface area (Å²) >= 11 is 5.83. The van der Waals surface area contributed by atoms with Gasteiger partial charge in [0.15, 0.2) is 0 Å². The van der Waals surface area contributed by atoms with Gasteiger partial charge in [0.05, 0.1) is 7.11 Å². The molecule has 0 N–H and O–H groups in total. The van der Waals surface area contributed by atoms with Crippen LogP contribution in [0.15, 0.2) is 60.7 Å². The first kappa shape index (κ1) is 13.4. The Labute approximate surface area is 118 Å². The number of halogens is 1. The van der Waals surface area contributed by atoms with Crippen molar-refractivity contribution in [3.8, 4) is 5.75 Å². The van der Waals surface area contributed by atoms with Crippen LogP contribution in [-0.4, -0.2) is 7.11 Å². The Morgan fingerprint density at radius 1 is 0.895 bits per heavy atom. The highest BCUT2D eigenvalue weighted by atomic mass is 35.5. The highest BCUT2D eigenvalue weighted by Crippen LogP contribution is 2.14. The lowest BCUT2D eigenvalue weighted by Crippen LogP contribution is -1.81. The maximum absolute atomic E-state index is 5.83. The van der Waals surface area contributed by atoms with E-state index in [2.05, 4.69) is 0 Å². The molecule has 96 valence electrons. The van der Waals surface area contributed by atoms with Crippen LogP contribution in [0.25, 0.3) is 12.2 Å². The summed E-state index contributed by atoms with van der Waals surface area (Å²) < 4.78 is 5.18. The van der Waals surface area contributed by atoms with Crippen molar-refractivity contribution in [2.45, 2.75) is 0 Å². The van der Waals surface area contributed by atoms with Gasteiger partial charge >= 0.3 is 0 Å². The molecule has 2 aromatic rings. The maximum atomic E-state index is 5.83. The van der Waals surface area contributed by atoms with Crippen LogP contribution in [0.2, 0.25) is 5.02 Å². The van der Waals surface area contributed by atoms with Crippen LogP contribution in [0.1, 0.15) is 11.1 Å². The molecule has 1 nitrogen and oxygen atoms in total. The molecule has 0 saturated heterocycles. The first-order valence-electron chi connectivity index (χ1n) is 6.02. The van der Waals surface area contributed by atoms with Crippen molar-refractivity contribution in [1.82, 2.24) is 0 Å². The molecule has 19 heavy (non-hydrogen) atoms. The summed E-state index contributed by atoms with van der Waals surface area (Å²) in [5, 5.41) is 0.754. The molecular weight excluding hydrogens is 256 g/mol. The smallest absolute Gasteiger partial charge is 0.119 e. The predicted octanol–water partition coefficient (Wildman–Crippen LogP) is 5.08. The lowest BCUT2D eigenvalue weighted by atomic mass is 10.2. The van der Waals surface area contributed by atoms with Crippen LogP contribution in [0.5, 0.6) is 5.75 Å². The third-order valence-electron chi connectivity index (χ3n) is 2.65. The van der Waals surface area contributed by atoms with Gasteiger partial charge in [0.2, 0.25) is 0 Å². The minimum Gasteiger partial charge on any atom is -0.497 e. The summed E-state index contributed by atoms with van der Waals surface area (Å²) in [5.41, 5.74) is 2.24. The number of hydrogen-bond acceptors (Lipinski definition) is 1. The summed E-state index contributed by atoms with van der Waals surface area (Å²) in [6.07, 6.45) is 8.08. The molecule has 2 rings (SSSR count). The summed E-state index contributed by atoms with van der Waals surface area (Å²) in [5.74, 6) is 0.865. The van der Waals surface area contributed by atoms with E-state index in [1.54, 1.807) is 7.11 Å². The van der Waals surface area contributed by atoms with Crippen LogP contribution >= 0.6 is 11.6 Å². The normalized spacial score (nSPS) is 11.3. The van der Waals surface area contributed by atoms with Crippen molar-refractivity contribution in [2.24, 2.45) is 0 Å². The third-order valence-corrected chi connectivity index (χ3v) is 2.90. The summed E-state index contributed by atoms with van der Waals surface area (Å²) in [4.78, 5) is 0. The fourth-order valence-electron chi connectivity index (χ4n) is 1.65. The molecule has 0 aliphatic carbocycles. The summed E-state index contributed by atoms with van der Waals surface area (Å²) in [7, 11) is 1.67. The highest BCUT2D eigenvalue weighted by Gasteiger charge is 1.90. The molecule has 2 heteroatoms. The molecule has 0 amide bonds. The SMILES string of the molecule is COc1cccc(C=CC=Cc2ccc(Cl)cc2)c1. The van der Waals surface area contributed by atoms with E-state index in [1.165, 1.54) is 0 Å². The molecule has 0 bridgehead atoms. The molecule has 0 aliphatic rings. The lowest BCUT2D eigenvalue weighted by molar-refractivity contribution is 0.414. The Hall–Kier alpha value is -1.99. The lowest BCUT2D eigenvalue weighted by Gasteiger charge is -1.99. The second kappa shape index (κ2) is 6.81. The second-order valence-corrected chi connectivity index (χ2v) is 4.48. The van der Waals surface area contributed by atoms with Gasteiger partial charge in [0.1, 0.15) is 5.75 Å². The summed E-state index contributed by atoms with van der Waals surface area (Å²) in [6.45, 7) is 0. The van der Waals surface area contributed by atoms with Gasteiger partial charge in [0, 0.05) is 5.02 Å². The fourth-order valence-corrected chi connectivity index (χ4v) is 1.78. The van der Waals surface area contributed by atoms with Crippen LogP contribution in [0.3, 0.4) is 0 Å². The van der Waals surface area contributed by atoms with E-state index >= 15 is 0 Å². The average Bonchev–Trinajstić information content (AvgIpc) is 2.46. The Balaban J connectivity index is 2.00. The average molecular weight is 271 g/mol. The minimum absolute atomic E-state index is 0.754. The van der Waals surface area contributed by atoms with Crippen molar-refractivity contribution in [1.29, 1.82) is 0 Å². The number of allylic oxidation sites excluding steroid dienone is 2. The van der Waals surface area contributed by atoms with E-state index in [0.717, 1.165) is 21.9 Å². The van der Waals surface area contributed by atoms with E-state index in [1.807, 2.05) is 72.8 Å². The molecule has 0 radical (unpaired) electrons. The Kier molecular flexibility index (Phi) is 4.82. The van der Waals surface area contributed by atoms with Crippen molar-refractivity contribution in [3.63, 3.8) is 0 Å². The molecule has 0 spiro atoms. The first-order chi connectivity index (χ1) is 9.28. The van der Waals surface area contributed by atoms with E-state index < -0.39 is 0 Å². The van der Waals surface area contributed by atoms with E-state index in [9.17, 15) is 0 Å². The first-order valence-corrected chi connectivity index (χ1v) is 6.40. The standard InChI is InChI=1S/C17H15ClO/c1-19-17-8-4-7-15(13-17)6-3-2-5-14-9-11-16(18)12-10-14/h2-13H,1H3. The Bertz CT molecular complexity index is 582. The zero-order valence-electron chi connectivity index (χ0n) is 10.7. The van der Waals surface area contributed by atoms with Gasteiger partial charge in [-0.25, -0.2) is 0 Å². The molecule has 0 aliphatic heterocycles. The molecule has 0 unspecified atom stereocenters. The van der Waals surface area contributed by atoms with Gasteiger partial charge < -0.3 is 4.74 Å². The number of benzene rings is 2. The van der Waals surface area contributed by atoms with E-state index in [0.29, 0.717) is 0 Å². The monoisotopic (exact) mass is 270 g/mol. The molecule has 0 saturated carbocycles. The molecule has 0 aromatic heterocycles. The van der Waals surface area contributed by atoms with Crippen molar-refractivity contribution in [3.05, 3.63) is 76.8 Å². The number of hydrogen-bond donors (Lipinski definition) is 0. The van der Waals surface area contributed by atoms with Gasteiger partial charge in [-0.05, 0) is 35.4 Å². The molecular formula is C17H15ClO. The van der Waals surface area contributed by atoms with Crippen molar-refractivity contribution in [2.75, 3.05) is 7.11 Å². The number of ether oxygens (including phenoxy) is 1. The zero-order valence-corrected chi connectivity index (χ0v) is 11.5. The largest absolute Gasteiger partial charge is 0.497 e. The van der Waals surface area contributed by atoms with E-state index in [-0.39, 0.29) is 0 Å². The van der Waals surface area contributed by atoms with Crippen molar-refractivity contribution < 1.29 is 4.74 Å². The predicted molar refractivity (Wildman–Crippen MR) is 82.5 cm³/mol. The second-order valence-electron chi connectivity index (χ2n) is 4.05. The fraction of sp³-hybridized carbons (Fsp3) is 0.0588. The summed E-state index contributed by atoms with van der Waals surface area (Å²) in [6, 6.07) is 15.7. The molecule has 0 heterocycles. The quantitative estimate of drug-likeness (QED) is 0.705. The van der Waals surface area contributed by atoms with Gasteiger partial charge in [-0.1, -0.05) is 60.2 Å². The number of methoxy groups -OCH3 is 1. The maximum Gasteiger partial charge on any atom is 0.119 e. The Morgan fingerprint density at radius 2 is 1.58 bits per heavy atom. The van der Waals surface area contributed by atoms with Crippen LogP contribution in [0, 0.1) is 0 Å². The van der Waals surface area contributed by atoms with Crippen LogP contribution in [-0.2, 0) is 0 Å². The van der Waals surface area contributed by atoms with Gasteiger partial charge in [-0.2, -0.15) is 0 Å². The molecule has 0 atom stereocenters. The van der Waals surface area contributed by atoms with Gasteiger partial charge in [-0.3, -0.25) is 0 Å². The van der Waals surface area contributed by atoms with Gasteiger partial charge in [0.25, 0.3) is 0 Å². The van der Waals surface area contributed by atoms with Crippen LogP contribution in [0.4, 0.5) is 0 Å². The van der Waals surface area contributed by atoms with Crippen LogP contribution < -0.4 is 4.74 Å².